The predicted molar refractivity (Wildman–Crippen MR) is 107 cm³/mol. The topological polar surface area (TPSA) is 93.1 Å². The van der Waals surface area contributed by atoms with Crippen molar-refractivity contribution in [3.8, 4) is 5.69 Å². The third-order valence-electron chi connectivity index (χ3n) is 4.08. The van der Waals surface area contributed by atoms with Crippen molar-refractivity contribution in [3.63, 3.8) is 0 Å². The Morgan fingerprint density at radius 1 is 0.964 bits per heavy atom. The monoisotopic (exact) mass is 376 g/mol. The fourth-order valence-electron chi connectivity index (χ4n) is 2.56. The molecular formula is C21H20N4O3. The fraction of sp³-hybridized carbons (Fsp3) is 0.143. The lowest BCUT2D eigenvalue weighted by Gasteiger charge is -2.07. The Morgan fingerprint density at radius 3 is 2.25 bits per heavy atom. The number of ketones is 1. The first-order valence-electron chi connectivity index (χ1n) is 8.85. The highest BCUT2D eigenvalue weighted by molar-refractivity contribution is 6.04. The Bertz CT molecular complexity index is 1010. The van der Waals surface area contributed by atoms with E-state index in [2.05, 4.69) is 15.7 Å². The summed E-state index contributed by atoms with van der Waals surface area (Å²) in [6.45, 7) is 3.23. The van der Waals surface area contributed by atoms with Crippen molar-refractivity contribution in [2.75, 3.05) is 10.6 Å². The van der Waals surface area contributed by atoms with Gasteiger partial charge >= 0.3 is 0 Å². The molecule has 7 heteroatoms. The minimum Gasteiger partial charge on any atom is -0.321 e. The van der Waals surface area contributed by atoms with E-state index in [9.17, 15) is 14.4 Å². The lowest BCUT2D eigenvalue weighted by Crippen LogP contribution is -2.14. The number of rotatable bonds is 6. The summed E-state index contributed by atoms with van der Waals surface area (Å²) in [5, 5.41) is 9.85. The van der Waals surface area contributed by atoms with E-state index in [1.165, 1.54) is 17.7 Å². The first kappa shape index (κ1) is 19.0. The van der Waals surface area contributed by atoms with E-state index in [-0.39, 0.29) is 17.4 Å². The Balaban J connectivity index is 1.87. The molecule has 1 heterocycles. The molecule has 0 radical (unpaired) electrons. The van der Waals surface area contributed by atoms with Crippen molar-refractivity contribution in [1.82, 2.24) is 9.78 Å². The molecule has 7 nitrogen and oxygen atoms in total. The minimum atomic E-state index is -0.419. The first-order valence-corrected chi connectivity index (χ1v) is 8.85. The van der Waals surface area contributed by atoms with E-state index in [4.69, 9.17) is 0 Å². The zero-order chi connectivity index (χ0) is 20.1. The van der Waals surface area contributed by atoms with Crippen LogP contribution in [0.3, 0.4) is 0 Å². The zero-order valence-corrected chi connectivity index (χ0v) is 15.6. The predicted octanol–water partition coefficient (Wildman–Crippen LogP) is 3.68. The molecule has 0 saturated carbocycles. The molecule has 0 fully saturated rings. The standard InChI is InChI=1S/C21H20N4O3/c1-3-20(27)23-19-13-18(24-25(19)17-7-5-4-6-8-17)21(28)22-16-11-9-15(10-12-16)14(2)26/h4-13H,3H2,1-2H3,(H,22,28)(H,23,27). The number of anilines is 2. The first-order chi connectivity index (χ1) is 13.5. The van der Waals surface area contributed by atoms with Gasteiger partial charge in [-0.1, -0.05) is 25.1 Å². The van der Waals surface area contributed by atoms with Crippen LogP contribution in [-0.4, -0.2) is 27.4 Å². The van der Waals surface area contributed by atoms with E-state index in [0.29, 0.717) is 23.5 Å². The Labute approximate surface area is 162 Å². The van der Waals surface area contributed by atoms with Gasteiger partial charge in [-0.15, -0.1) is 0 Å². The van der Waals surface area contributed by atoms with Crippen LogP contribution >= 0.6 is 0 Å². The molecule has 0 aliphatic carbocycles. The molecule has 2 aromatic carbocycles. The van der Waals surface area contributed by atoms with Gasteiger partial charge in [0.25, 0.3) is 5.91 Å². The summed E-state index contributed by atoms with van der Waals surface area (Å²) in [4.78, 5) is 35.8. The number of amides is 2. The maximum atomic E-state index is 12.6. The molecule has 2 N–H and O–H groups in total. The summed E-state index contributed by atoms with van der Waals surface area (Å²) in [5.74, 6) is -0.230. The molecule has 0 spiro atoms. The zero-order valence-electron chi connectivity index (χ0n) is 15.6. The van der Waals surface area contributed by atoms with Crippen LogP contribution in [0.5, 0.6) is 0 Å². The van der Waals surface area contributed by atoms with Gasteiger partial charge in [0, 0.05) is 23.7 Å². The molecule has 142 valence electrons. The van der Waals surface area contributed by atoms with Crippen LogP contribution in [0, 0.1) is 0 Å². The molecule has 2 amide bonds. The minimum absolute atomic E-state index is 0.0456. The normalized spacial score (nSPS) is 10.4. The van der Waals surface area contributed by atoms with Gasteiger partial charge in [0.2, 0.25) is 5.91 Å². The number of benzene rings is 2. The molecule has 1 aromatic heterocycles. The third kappa shape index (κ3) is 4.32. The average molecular weight is 376 g/mol. The van der Waals surface area contributed by atoms with Gasteiger partial charge in [-0.05, 0) is 43.3 Å². The molecule has 3 rings (SSSR count). The second-order valence-electron chi connectivity index (χ2n) is 6.15. The van der Waals surface area contributed by atoms with Gasteiger partial charge in [0.15, 0.2) is 11.5 Å². The summed E-state index contributed by atoms with van der Waals surface area (Å²) in [5.41, 5.74) is 1.99. The average Bonchev–Trinajstić information content (AvgIpc) is 3.13. The highest BCUT2D eigenvalue weighted by Crippen LogP contribution is 2.19. The molecule has 0 atom stereocenters. The fourth-order valence-corrected chi connectivity index (χ4v) is 2.56. The van der Waals surface area contributed by atoms with Crippen molar-refractivity contribution in [3.05, 3.63) is 71.9 Å². The van der Waals surface area contributed by atoms with Crippen LogP contribution in [0.4, 0.5) is 11.5 Å². The van der Waals surface area contributed by atoms with Gasteiger partial charge in [0.05, 0.1) is 5.69 Å². The molecule has 3 aromatic rings. The maximum Gasteiger partial charge on any atom is 0.276 e. The highest BCUT2D eigenvalue weighted by Gasteiger charge is 2.17. The van der Waals surface area contributed by atoms with Crippen molar-refractivity contribution in [2.45, 2.75) is 20.3 Å². The van der Waals surface area contributed by atoms with Crippen LogP contribution in [-0.2, 0) is 4.79 Å². The molecule has 0 bridgehead atoms. The van der Waals surface area contributed by atoms with E-state index in [1.807, 2.05) is 30.3 Å². The van der Waals surface area contributed by atoms with Crippen LogP contribution in [0.2, 0.25) is 0 Å². The van der Waals surface area contributed by atoms with Gasteiger partial charge < -0.3 is 10.6 Å². The van der Waals surface area contributed by atoms with E-state index in [1.54, 1.807) is 31.2 Å². The lowest BCUT2D eigenvalue weighted by molar-refractivity contribution is -0.115. The summed E-state index contributed by atoms with van der Waals surface area (Å²) >= 11 is 0. The second kappa shape index (κ2) is 8.30. The highest BCUT2D eigenvalue weighted by atomic mass is 16.2. The number of para-hydroxylation sites is 1. The third-order valence-corrected chi connectivity index (χ3v) is 4.08. The van der Waals surface area contributed by atoms with E-state index < -0.39 is 5.91 Å². The summed E-state index contributed by atoms with van der Waals surface area (Å²) in [6.07, 6.45) is 0.310. The summed E-state index contributed by atoms with van der Waals surface area (Å²) in [7, 11) is 0. The molecule has 0 saturated heterocycles. The largest absolute Gasteiger partial charge is 0.321 e. The number of hydrogen-bond acceptors (Lipinski definition) is 4. The number of carbonyl (C=O) groups excluding carboxylic acids is 3. The number of nitrogens with one attached hydrogen (secondary N) is 2. The second-order valence-corrected chi connectivity index (χ2v) is 6.15. The Hall–Kier alpha value is -3.74. The van der Waals surface area contributed by atoms with E-state index >= 15 is 0 Å². The van der Waals surface area contributed by atoms with Gasteiger partial charge in [-0.3, -0.25) is 14.4 Å². The quantitative estimate of drug-likeness (QED) is 0.642. The van der Waals surface area contributed by atoms with Crippen LogP contribution in [0.1, 0.15) is 41.1 Å². The number of Topliss-reactive ketones (excluding diaryl/α,β-unsaturated/α-hetero) is 1. The van der Waals surface area contributed by atoms with Gasteiger partial charge in [-0.2, -0.15) is 5.10 Å². The molecule has 0 aliphatic rings. The number of aromatic nitrogens is 2. The van der Waals surface area contributed by atoms with Gasteiger partial charge in [-0.25, -0.2) is 4.68 Å². The van der Waals surface area contributed by atoms with Crippen molar-refractivity contribution < 1.29 is 14.4 Å². The van der Waals surface area contributed by atoms with Gasteiger partial charge in [0.1, 0.15) is 5.82 Å². The molecule has 0 unspecified atom stereocenters. The smallest absolute Gasteiger partial charge is 0.276 e. The summed E-state index contributed by atoms with van der Waals surface area (Å²) < 4.78 is 1.52. The van der Waals surface area contributed by atoms with Crippen LogP contribution in [0.15, 0.2) is 60.7 Å². The Kier molecular flexibility index (Phi) is 5.64. The Morgan fingerprint density at radius 2 is 1.64 bits per heavy atom. The molecular weight excluding hydrogens is 356 g/mol. The number of nitrogens with zero attached hydrogens (tertiary/aromatic N) is 2. The van der Waals surface area contributed by atoms with E-state index in [0.717, 1.165) is 5.69 Å². The number of hydrogen-bond donors (Lipinski definition) is 2. The maximum absolute atomic E-state index is 12.6. The van der Waals surface area contributed by atoms with Crippen LogP contribution < -0.4 is 10.6 Å². The molecule has 0 aliphatic heterocycles. The summed E-state index contributed by atoms with van der Waals surface area (Å²) in [6, 6.07) is 17.4. The number of carbonyl (C=O) groups is 3. The van der Waals surface area contributed by atoms with Crippen molar-refractivity contribution in [1.29, 1.82) is 0 Å². The SMILES string of the molecule is CCC(=O)Nc1cc(C(=O)Nc2ccc(C(C)=O)cc2)nn1-c1ccccc1. The molecule has 28 heavy (non-hydrogen) atoms. The van der Waals surface area contributed by atoms with Crippen molar-refractivity contribution >= 4 is 29.1 Å². The van der Waals surface area contributed by atoms with Crippen molar-refractivity contribution in [2.24, 2.45) is 0 Å². The van der Waals surface area contributed by atoms with Crippen LogP contribution in [0.25, 0.3) is 5.69 Å². The lowest BCUT2D eigenvalue weighted by atomic mass is 10.1.